The smallest absolute Gasteiger partial charge is 0.387 e. The van der Waals surface area contributed by atoms with Crippen molar-refractivity contribution in [3.05, 3.63) is 52.7 Å². The van der Waals surface area contributed by atoms with Crippen molar-refractivity contribution in [3.63, 3.8) is 0 Å². The molecule has 2 N–H and O–H groups in total. The third-order valence-electron chi connectivity index (χ3n) is 6.90. The number of benzene rings is 1. The van der Waals surface area contributed by atoms with Crippen LogP contribution in [0.2, 0.25) is 0 Å². The van der Waals surface area contributed by atoms with Crippen molar-refractivity contribution in [2.24, 2.45) is 0 Å². The van der Waals surface area contributed by atoms with Gasteiger partial charge in [0.15, 0.2) is 0 Å². The molecule has 0 spiro atoms. The minimum atomic E-state index is -4.67. The van der Waals surface area contributed by atoms with Crippen LogP contribution in [-0.2, 0) is 11.0 Å². The Balaban J connectivity index is 1.51. The molecule has 2 aromatic rings. The monoisotopic (exact) mass is 509 g/mol. The van der Waals surface area contributed by atoms with Crippen molar-refractivity contribution >= 4 is 11.7 Å². The standard InChI is InChI=1S/C25H31F4N5O2/c1-14(2)30-12-18(17-5-4-16(11-19(17)26)25(27,28)29)24(36)34-8-6-33(7-9-34)23-21-15(3)10-20(35)22(21)31-13-32-23/h4-5,11,13-15,18,20,30,35H,6-10,12H2,1-3H3/t15-,18-,20+/m1/s1. The van der Waals surface area contributed by atoms with Gasteiger partial charge < -0.3 is 20.2 Å². The number of fused-ring (bicyclic) bond motifs is 1. The summed E-state index contributed by atoms with van der Waals surface area (Å²) in [6.45, 7) is 7.56. The zero-order valence-corrected chi connectivity index (χ0v) is 20.5. The molecule has 3 atom stereocenters. The number of nitrogens with zero attached hydrogens (tertiary/aromatic N) is 4. The molecule has 7 nitrogen and oxygen atoms in total. The number of nitrogens with one attached hydrogen (secondary N) is 1. The average Bonchev–Trinajstić information content (AvgIpc) is 3.12. The highest BCUT2D eigenvalue weighted by atomic mass is 19.4. The van der Waals surface area contributed by atoms with Crippen LogP contribution in [0.3, 0.4) is 0 Å². The maximum absolute atomic E-state index is 14.8. The van der Waals surface area contributed by atoms with Crippen LogP contribution < -0.4 is 10.2 Å². The van der Waals surface area contributed by atoms with Crippen molar-refractivity contribution < 1.29 is 27.5 Å². The Labute approximate surface area is 207 Å². The lowest BCUT2D eigenvalue weighted by Crippen LogP contribution is -2.51. The molecular formula is C25H31F4N5O2. The molecule has 4 rings (SSSR count). The molecule has 1 aromatic carbocycles. The summed E-state index contributed by atoms with van der Waals surface area (Å²) < 4.78 is 53.9. The number of aliphatic hydroxyl groups excluding tert-OH is 1. The number of aromatic nitrogens is 2. The number of halogens is 4. The molecule has 2 aliphatic rings. The van der Waals surface area contributed by atoms with Gasteiger partial charge in [0.2, 0.25) is 5.91 Å². The summed E-state index contributed by atoms with van der Waals surface area (Å²) in [6.07, 6.45) is -3.26. The summed E-state index contributed by atoms with van der Waals surface area (Å²) in [7, 11) is 0. The molecule has 1 aromatic heterocycles. The van der Waals surface area contributed by atoms with E-state index in [0.29, 0.717) is 44.4 Å². The zero-order chi connectivity index (χ0) is 26.2. The number of hydrogen-bond acceptors (Lipinski definition) is 6. The first-order valence-corrected chi connectivity index (χ1v) is 12.1. The summed E-state index contributed by atoms with van der Waals surface area (Å²) >= 11 is 0. The second-order valence-corrected chi connectivity index (χ2v) is 9.81. The van der Waals surface area contributed by atoms with E-state index in [2.05, 4.69) is 20.2 Å². The number of anilines is 1. The number of rotatable bonds is 6. The Hall–Kier alpha value is -2.79. The van der Waals surface area contributed by atoms with E-state index in [4.69, 9.17) is 0 Å². The highest BCUT2D eigenvalue weighted by Crippen LogP contribution is 2.43. The molecule has 1 aliphatic carbocycles. The van der Waals surface area contributed by atoms with Crippen molar-refractivity contribution in [1.82, 2.24) is 20.2 Å². The number of aliphatic hydroxyl groups is 1. The summed E-state index contributed by atoms with van der Waals surface area (Å²) in [5.74, 6) is -1.47. The van der Waals surface area contributed by atoms with E-state index in [0.717, 1.165) is 23.5 Å². The third kappa shape index (κ3) is 5.31. The van der Waals surface area contributed by atoms with Crippen LogP contribution in [0.5, 0.6) is 0 Å². The number of hydrogen-bond donors (Lipinski definition) is 2. The third-order valence-corrected chi connectivity index (χ3v) is 6.90. The number of alkyl halides is 3. The second kappa shape index (κ2) is 10.3. The van der Waals surface area contributed by atoms with Gasteiger partial charge in [0.25, 0.3) is 0 Å². The first-order chi connectivity index (χ1) is 17.0. The normalized spacial score (nSPS) is 21.1. The molecule has 1 amide bonds. The zero-order valence-electron chi connectivity index (χ0n) is 20.5. The fourth-order valence-electron chi connectivity index (χ4n) is 4.98. The summed E-state index contributed by atoms with van der Waals surface area (Å²) in [4.78, 5) is 25.9. The molecule has 11 heteroatoms. The Kier molecular flexibility index (Phi) is 7.51. The van der Waals surface area contributed by atoms with Gasteiger partial charge >= 0.3 is 6.18 Å². The number of carbonyl (C=O) groups excluding carboxylic acids is 1. The summed E-state index contributed by atoms with van der Waals surface area (Å²) in [5, 5.41) is 13.4. The molecule has 196 valence electrons. The summed E-state index contributed by atoms with van der Waals surface area (Å²) in [5.41, 5.74) is 0.427. The fourth-order valence-corrected chi connectivity index (χ4v) is 4.98. The minimum absolute atomic E-state index is 0.00635. The molecule has 2 heterocycles. The molecule has 0 bridgehead atoms. The maximum atomic E-state index is 14.8. The van der Waals surface area contributed by atoms with Gasteiger partial charge in [-0.2, -0.15) is 13.2 Å². The predicted octanol–water partition coefficient (Wildman–Crippen LogP) is 3.61. The first kappa shape index (κ1) is 26.3. The van der Waals surface area contributed by atoms with Gasteiger partial charge in [0, 0.05) is 49.9 Å². The lowest BCUT2D eigenvalue weighted by Gasteiger charge is -2.38. The number of piperazine rings is 1. The Morgan fingerprint density at radius 1 is 1.19 bits per heavy atom. The van der Waals surface area contributed by atoms with Crippen LogP contribution in [0, 0.1) is 5.82 Å². The van der Waals surface area contributed by atoms with Crippen LogP contribution >= 0.6 is 0 Å². The number of carbonyl (C=O) groups is 1. The van der Waals surface area contributed by atoms with Crippen LogP contribution in [0.4, 0.5) is 23.4 Å². The molecule has 36 heavy (non-hydrogen) atoms. The van der Waals surface area contributed by atoms with E-state index in [9.17, 15) is 27.5 Å². The average molecular weight is 510 g/mol. The number of amides is 1. The Bertz CT molecular complexity index is 1100. The van der Waals surface area contributed by atoms with Gasteiger partial charge in [-0.25, -0.2) is 14.4 Å². The molecule has 1 fully saturated rings. The maximum Gasteiger partial charge on any atom is 0.416 e. The van der Waals surface area contributed by atoms with E-state index in [1.165, 1.54) is 6.33 Å². The molecular weight excluding hydrogens is 478 g/mol. The minimum Gasteiger partial charge on any atom is -0.387 e. The van der Waals surface area contributed by atoms with Gasteiger partial charge in [0.1, 0.15) is 18.0 Å². The van der Waals surface area contributed by atoms with Crippen LogP contribution in [0.25, 0.3) is 0 Å². The van der Waals surface area contributed by atoms with Crippen molar-refractivity contribution in [2.45, 2.75) is 57.3 Å². The highest BCUT2D eigenvalue weighted by molar-refractivity contribution is 5.84. The molecule has 0 radical (unpaired) electrons. The first-order valence-electron chi connectivity index (χ1n) is 12.1. The van der Waals surface area contributed by atoms with E-state index < -0.39 is 29.6 Å². The molecule has 1 aliphatic heterocycles. The fraction of sp³-hybridized carbons (Fsp3) is 0.560. The summed E-state index contributed by atoms with van der Waals surface area (Å²) in [6, 6.07) is 2.34. The molecule has 0 unspecified atom stereocenters. The van der Waals surface area contributed by atoms with E-state index in [-0.39, 0.29) is 30.0 Å². The largest absolute Gasteiger partial charge is 0.416 e. The SMILES string of the molecule is CC(C)NC[C@@H](C(=O)N1CCN(c2ncnc3c2[C@H](C)C[C@@H]3O)CC1)c1ccc(C(F)(F)F)cc1F. The lowest BCUT2D eigenvalue weighted by molar-refractivity contribution is -0.137. The van der Waals surface area contributed by atoms with Crippen LogP contribution in [0.15, 0.2) is 24.5 Å². The van der Waals surface area contributed by atoms with Gasteiger partial charge in [0.05, 0.1) is 23.3 Å². The lowest BCUT2D eigenvalue weighted by atomic mass is 9.94. The molecule has 1 saturated heterocycles. The van der Waals surface area contributed by atoms with Crippen molar-refractivity contribution in [2.75, 3.05) is 37.6 Å². The van der Waals surface area contributed by atoms with Gasteiger partial charge in [-0.15, -0.1) is 0 Å². The van der Waals surface area contributed by atoms with E-state index in [1.807, 2.05) is 20.8 Å². The second-order valence-electron chi connectivity index (χ2n) is 9.81. The molecule has 0 saturated carbocycles. The van der Waals surface area contributed by atoms with Crippen molar-refractivity contribution in [1.29, 1.82) is 0 Å². The topological polar surface area (TPSA) is 81.6 Å². The van der Waals surface area contributed by atoms with Gasteiger partial charge in [-0.1, -0.05) is 26.8 Å². The van der Waals surface area contributed by atoms with Gasteiger partial charge in [-0.05, 0) is 24.5 Å². The Morgan fingerprint density at radius 2 is 1.89 bits per heavy atom. The van der Waals surface area contributed by atoms with E-state index >= 15 is 0 Å². The van der Waals surface area contributed by atoms with Crippen LogP contribution in [0.1, 0.15) is 67.5 Å². The predicted molar refractivity (Wildman–Crippen MR) is 126 cm³/mol. The van der Waals surface area contributed by atoms with Gasteiger partial charge in [-0.3, -0.25) is 4.79 Å². The highest BCUT2D eigenvalue weighted by Gasteiger charge is 2.36. The van der Waals surface area contributed by atoms with Crippen LogP contribution in [-0.4, -0.2) is 64.6 Å². The van der Waals surface area contributed by atoms with Crippen molar-refractivity contribution in [3.8, 4) is 0 Å². The quantitative estimate of drug-likeness (QED) is 0.580. The Morgan fingerprint density at radius 3 is 2.50 bits per heavy atom. The van der Waals surface area contributed by atoms with E-state index in [1.54, 1.807) is 4.90 Å².